The lowest BCUT2D eigenvalue weighted by Crippen LogP contribution is -2.34. The van der Waals surface area contributed by atoms with Crippen LogP contribution in [0.15, 0.2) is 18.2 Å². The molecule has 0 saturated carbocycles. The molecule has 0 aromatic heterocycles. The van der Waals surface area contributed by atoms with E-state index in [1.54, 1.807) is 0 Å². The Morgan fingerprint density at radius 3 is 2.12 bits per heavy atom. The van der Waals surface area contributed by atoms with Gasteiger partial charge in [0.25, 0.3) is 5.69 Å². The fourth-order valence-electron chi connectivity index (χ4n) is 1.14. The molecule has 0 atom stereocenters. The van der Waals surface area contributed by atoms with Crippen molar-refractivity contribution in [2.24, 2.45) is 0 Å². The van der Waals surface area contributed by atoms with E-state index in [4.69, 9.17) is 5.11 Å². The third kappa shape index (κ3) is 2.12. The highest BCUT2D eigenvalue weighted by molar-refractivity contribution is 5.52. The molecular weight excluding hydrogens is 253 g/mol. The van der Waals surface area contributed by atoms with Crippen molar-refractivity contribution in [1.29, 1.82) is 0 Å². The molecule has 1 rings (SSSR count). The van der Waals surface area contributed by atoms with E-state index in [-0.39, 0.29) is 0 Å². The van der Waals surface area contributed by atoms with Gasteiger partial charge in [-0.1, -0.05) is 6.07 Å². The van der Waals surface area contributed by atoms with Crippen LogP contribution >= 0.6 is 0 Å². The molecule has 0 unspecified atom stereocenters. The van der Waals surface area contributed by atoms with Crippen LogP contribution in [0.5, 0.6) is 5.75 Å². The number of phenolic OH excluding ortho intramolecular Hbond substituents is 1. The van der Waals surface area contributed by atoms with Crippen molar-refractivity contribution in [2.75, 3.05) is 0 Å². The number of halogens is 5. The van der Waals surface area contributed by atoms with Gasteiger partial charge in [-0.15, -0.1) is 0 Å². The first kappa shape index (κ1) is 13.1. The molecule has 9 heteroatoms. The van der Waals surface area contributed by atoms with Crippen LogP contribution in [-0.2, 0) is 5.92 Å². The van der Waals surface area contributed by atoms with Crippen LogP contribution in [0.4, 0.5) is 27.6 Å². The first-order valence-electron chi connectivity index (χ1n) is 4.00. The van der Waals surface area contributed by atoms with Crippen molar-refractivity contribution < 1.29 is 32.0 Å². The Morgan fingerprint density at radius 2 is 1.71 bits per heavy atom. The quantitative estimate of drug-likeness (QED) is 0.503. The average molecular weight is 257 g/mol. The fraction of sp³-hybridized carbons (Fsp3) is 0.250. The third-order valence-corrected chi connectivity index (χ3v) is 1.89. The predicted octanol–water partition coefficient (Wildman–Crippen LogP) is 2.95. The fourth-order valence-corrected chi connectivity index (χ4v) is 1.14. The Bertz CT molecular complexity index is 457. The van der Waals surface area contributed by atoms with Crippen molar-refractivity contribution in [3.05, 3.63) is 33.9 Å². The van der Waals surface area contributed by atoms with E-state index < -0.39 is 34.0 Å². The summed E-state index contributed by atoms with van der Waals surface area (Å²) in [4.78, 5) is 8.92. The van der Waals surface area contributed by atoms with Crippen molar-refractivity contribution >= 4 is 5.69 Å². The lowest BCUT2D eigenvalue weighted by Gasteiger charge is -2.20. The molecule has 0 spiro atoms. The first-order chi connectivity index (χ1) is 7.59. The van der Waals surface area contributed by atoms with Crippen LogP contribution in [0.25, 0.3) is 0 Å². The summed E-state index contributed by atoms with van der Waals surface area (Å²) < 4.78 is 62.1. The molecule has 0 aliphatic carbocycles. The molecule has 17 heavy (non-hydrogen) atoms. The Labute approximate surface area is 90.4 Å². The zero-order valence-corrected chi connectivity index (χ0v) is 7.83. The number of rotatable bonds is 2. The summed E-state index contributed by atoms with van der Waals surface area (Å²) in [7, 11) is 0. The summed E-state index contributed by atoms with van der Waals surface area (Å²) in [6, 6.07) is 1.76. The van der Waals surface area contributed by atoms with Crippen molar-refractivity contribution in [3.8, 4) is 5.75 Å². The standard InChI is InChI=1S/C8H4F5NO3/c9-7(10,8(11,12)13)6-4(14(16)17)2-1-3-5(6)15/h1-3,15H. The minimum atomic E-state index is -6.03. The van der Waals surface area contributed by atoms with Gasteiger partial charge in [0, 0.05) is 6.07 Å². The molecule has 1 aromatic rings. The molecule has 1 N–H and O–H groups in total. The van der Waals surface area contributed by atoms with Gasteiger partial charge < -0.3 is 5.11 Å². The van der Waals surface area contributed by atoms with E-state index in [1.165, 1.54) is 0 Å². The molecule has 94 valence electrons. The maximum Gasteiger partial charge on any atom is 0.458 e. The molecule has 1 aromatic carbocycles. The normalized spacial score (nSPS) is 12.5. The molecule has 4 nitrogen and oxygen atoms in total. The van der Waals surface area contributed by atoms with Crippen LogP contribution in [0.2, 0.25) is 0 Å². The second-order valence-electron chi connectivity index (χ2n) is 3.00. The summed E-state index contributed by atoms with van der Waals surface area (Å²) in [5, 5.41) is 19.3. The maximum atomic E-state index is 13.0. The van der Waals surface area contributed by atoms with E-state index in [9.17, 15) is 32.1 Å². The van der Waals surface area contributed by atoms with Crippen LogP contribution in [0.1, 0.15) is 5.56 Å². The van der Waals surface area contributed by atoms with Crippen molar-refractivity contribution in [2.45, 2.75) is 12.1 Å². The van der Waals surface area contributed by atoms with Gasteiger partial charge in [-0.25, -0.2) is 0 Å². The van der Waals surface area contributed by atoms with Crippen LogP contribution in [0, 0.1) is 10.1 Å². The van der Waals surface area contributed by atoms with Gasteiger partial charge in [0.05, 0.1) is 4.92 Å². The zero-order valence-electron chi connectivity index (χ0n) is 7.83. The zero-order chi connectivity index (χ0) is 13.4. The number of hydrogen-bond acceptors (Lipinski definition) is 3. The lowest BCUT2D eigenvalue weighted by molar-refractivity contribution is -0.390. The highest BCUT2D eigenvalue weighted by Gasteiger charge is 2.62. The summed E-state index contributed by atoms with van der Waals surface area (Å²) in [5.41, 5.74) is -3.55. The molecule has 0 bridgehead atoms. The molecule has 0 heterocycles. The summed E-state index contributed by atoms with van der Waals surface area (Å²) in [6.07, 6.45) is -6.03. The van der Waals surface area contributed by atoms with Gasteiger partial charge >= 0.3 is 12.1 Å². The molecule has 0 fully saturated rings. The van der Waals surface area contributed by atoms with Crippen molar-refractivity contribution in [3.63, 3.8) is 0 Å². The number of aromatic hydroxyl groups is 1. The van der Waals surface area contributed by atoms with Gasteiger partial charge in [-0.3, -0.25) is 10.1 Å². The van der Waals surface area contributed by atoms with Gasteiger partial charge in [-0.05, 0) is 6.07 Å². The molecule has 0 radical (unpaired) electrons. The van der Waals surface area contributed by atoms with Gasteiger partial charge in [0.15, 0.2) is 0 Å². The number of nitro groups is 1. The minimum Gasteiger partial charge on any atom is -0.507 e. The molecule has 0 saturated heterocycles. The highest BCUT2D eigenvalue weighted by atomic mass is 19.4. The number of hydrogen-bond donors (Lipinski definition) is 1. The SMILES string of the molecule is O=[N+]([O-])c1cccc(O)c1C(F)(F)C(F)(F)F. The topological polar surface area (TPSA) is 63.4 Å². The predicted molar refractivity (Wildman–Crippen MR) is 44.7 cm³/mol. The summed E-state index contributed by atoms with van der Waals surface area (Å²) in [5.74, 6) is -6.98. The Morgan fingerprint density at radius 1 is 1.18 bits per heavy atom. The number of nitrogens with zero attached hydrogens (tertiary/aromatic N) is 1. The van der Waals surface area contributed by atoms with E-state index in [0.29, 0.717) is 12.1 Å². The molecule has 0 amide bonds. The smallest absolute Gasteiger partial charge is 0.458 e. The average Bonchev–Trinajstić information content (AvgIpc) is 2.14. The second kappa shape index (κ2) is 3.82. The van der Waals surface area contributed by atoms with Crippen LogP contribution in [-0.4, -0.2) is 16.2 Å². The largest absolute Gasteiger partial charge is 0.507 e. The number of nitro benzene ring substituents is 1. The van der Waals surface area contributed by atoms with E-state index in [2.05, 4.69) is 0 Å². The maximum absolute atomic E-state index is 13.0. The Hall–Kier alpha value is -1.93. The molecule has 0 aliphatic rings. The molecular formula is C8H4F5NO3. The number of alkyl halides is 5. The lowest BCUT2D eigenvalue weighted by atomic mass is 10.0. The molecule has 0 aliphatic heterocycles. The van der Waals surface area contributed by atoms with E-state index in [0.717, 1.165) is 6.07 Å². The summed E-state index contributed by atoms with van der Waals surface area (Å²) in [6.45, 7) is 0. The monoisotopic (exact) mass is 257 g/mol. The van der Waals surface area contributed by atoms with E-state index >= 15 is 0 Å². The van der Waals surface area contributed by atoms with Crippen molar-refractivity contribution in [1.82, 2.24) is 0 Å². The number of benzene rings is 1. The van der Waals surface area contributed by atoms with Gasteiger partial charge in [0.2, 0.25) is 0 Å². The Kier molecular flexibility index (Phi) is 2.96. The Balaban J connectivity index is 3.55. The second-order valence-corrected chi connectivity index (χ2v) is 3.00. The van der Waals surface area contributed by atoms with Gasteiger partial charge in [0.1, 0.15) is 11.3 Å². The first-order valence-corrected chi connectivity index (χ1v) is 4.00. The summed E-state index contributed by atoms with van der Waals surface area (Å²) >= 11 is 0. The minimum absolute atomic E-state index is 0.453. The van der Waals surface area contributed by atoms with Gasteiger partial charge in [-0.2, -0.15) is 22.0 Å². The van der Waals surface area contributed by atoms with E-state index in [1.807, 2.05) is 0 Å². The third-order valence-electron chi connectivity index (χ3n) is 1.89. The van der Waals surface area contributed by atoms with Crippen LogP contribution in [0.3, 0.4) is 0 Å². The van der Waals surface area contributed by atoms with Crippen LogP contribution < -0.4 is 0 Å². The number of phenols is 1. The highest BCUT2D eigenvalue weighted by Crippen LogP contribution is 2.50.